The fourth-order valence-corrected chi connectivity index (χ4v) is 2.45. The Kier molecular flexibility index (Phi) is 3.25. The number of methoxy groups -OCH3 is 1. The zero-order valence-electron chi connectivity index (χ0n) is 10.3. The van der Waals surface area contributed by atoms with Gasteiger partial charge in [-0.15, -0.1) is 0 Å². The summed E-state index contributed by atoms with van der Waals surface area (Å²) in [6.07, 6.45) is 1.35. The molecule has 0 saturated carbocycles. The van der Waals surface area contributed by atoms with Crippen molar-refractivity contribution < 1.29 is 4.74 Å². The quantitative estimate of drug-likeness (QED) is 0.766. The molecule has 0 aliphatic heterocycles. The average molecular weight is 309 g/mol. The predicted octanol–water partition coefficient (Wildman–Crippen LogP) is 2.47. The normalized spacial score (nSPS) is 10.7. The van der Waals surface area contributed by atoms with Gasteiger partial charge in [0.1, 0.15) is 23.0 Å². The molecule has 7 nitrogen and oxygen atoms in total. The Bertz CT molecular complexity index is 777. The molecule has 2 heterocycles. The van der Waals surface area contributed by atoms with Crippen molar-refractivity contribution in [1.82, 2.24) is 18.7 Å². The second kappa shape index (κ2) is 5.06. The highest BCUT2D eigenvalue weighted by molar-refractivity contribution is 7.00. The van der Waals surface area contributed by atoms with Crippen molar-refractivity contribution in [3.05, 3.63) is 23.5 Å². The molecule has 1 aromatic carbocycles. The average Bonchev–Trinajstić information content (AvgIpc) is 2.92. The van der Waals surface area contributed by atoms with Crippen LogP contribution in [0, 0.1) is 0 Å². The second-order valence-corrected chi connectivity index (χ2v) is 4.76. The number of ether oxygens (including phenoxy) is 1. The van der Waals surface area contributed by atoms with Crippen molar-refractivity contribution in [2.45, 2.75) is 0 Å². The van der Waals surface area contributed by atoms with Gasteiger partial charge in [0.05, 0.1) is 29.5 Å². The second-order valence-electron chi connectivity index (χ2n) is 3.82. The lowest BCUT2D eigenvalue weighted by molar-refractivity contribution is 0.399. The Morgan fingerprint density at radius 1 is 1.30 bits per heavy atom. The third-order valence-electron chi connectivity index (χ3n) is 2.66. The molecule has 0 unspecified atom stereocenters. The molecule has 20 heavy (non-hydrogen) atoms. The number of rotatable bonds is 3. The van der Waals surface area contributed by atoms with E-state index in [0.717, 1.165) is 17.2 Å². The summed E-state index contributed by atoms with van der Waals surface area (Å²) in [5, 5.41) is 3.56. The highest BCUT2D eigenvalue weighted by Crippen LogP contribution is 2.34. The maximum atomic E-state index is 6.19. The minimum atomic E-state index is 0.294. The van der Waals surface area contributed by atoms with Crippen molar-refractivity contribution >= 4 is 51.6 Å². The zero-order valence-corrected chi connectivity index (χ0v) is 11.9. The van der Waals surface area contributed by atoms with Gasteiger partial charge in [0.15, 0.2) is 5.82 Å². The number of nitrogens with one attached hydrogen (secondary N) is 1. The van der Waals surface area contributed by atoms with Crippen molar-refractivity contribution in [1.29, 1.82) is 0 Å². The Balaban J connectivity index is 2.10. The highest BCUT2D eigenvalue weighted by atomic mass is 35.5. The van der Waals surface area contributed by atoms with Gasteiger partial charge in [-0.2, -0.15) is 13.7 Å². The Hall–Kier alpha value is -2.19. The first-order valence-electron chi connectivity index (χ1n) is 5.53. The standard InChI is InChI=1S/C11H9ClN6OS/c1-19-11-7(13)10(14-4-15-11)16-8-5(12)2-3-6-9(8)18-20-17-6/h2-4H,13H2,1H3,(H,14,15,16). The maximum Gasteiger partial charge on any atom is 0.242 e. The fraction of sp³-hybridized carbons (Fsp3) is 0.0909. The predicted molar refractivity (Wildman–Crippen MR) is 78.7 cm³/mol. The van der Waals surface area contributed by atoms with Crippen LogP contribution < -0.4 is 15.8 Å². The molecule has 0 bridgehead atoms. The van der Waals surface area contributed by atoms with Crippen LogP contribution in [0.5, 0.6) is 5.88 Å². The minimum absolute atomic E-state index is 0.294. The number of anilines is 3. The van der Waals surface area contributed by atoms with E-state index in [2.05, 4.69) is 24.0 Å². The number of halogens is 1. The third kappa shape index (κ3) is 2.08. The van der Waals surface area contributed by atoms with Crippen LogP contribution in [-0.2, 0) is 0 Å². The van der Waals surface area contributed by atoms with Gasteiger partial charge in [0, 0.05) is 0 Å². The van der Waals surface area contributed by atoms with Crippen LogP contribution in [0.2, 0.25) is 5.02 Å². The molecule has 9 heteroatoms. The summed E-state index contributed by atoms with van der Waals surface area (Å²) in [5.74, 6) is 0.696. The monoisotopic (exact) mass is 308 g/mol. The summed E-state index contributed by atoms with van der Waals surface area (Å²) in [4.78, 5) is 8.00. The van der Waals surface area contributed by atoms with Crippen LogP contribution >= 0.6 is 23.3 Å². The first-order chi connectivity index (χ1) is 9.70. The molecule has 0 atom stereocenters. The van der Waals surface area contributed by atoms with E-state index in [-0.39, 0.29) is 0 Å². The molecule has 3 N–H and O–H groups in total. The third-order valence-corrected chi connectivity index (χ3v) is 3.52. The number of aromatic nitrogens is 4. The lowest BCUT2D eigenvalue weighted by atomic mass is 10.2. The van der Waals surface area contributed by atoms with E-state index in [0.29, 0.717) is 33.6 Å². The van der Waals surface area contributed by atoms with Gasteiger partial charge >= 0.3 is 0 Å². The largest absolute Gasteiger partial charge is 0.479 e. The Morgan fingerprint density at radius 2 is 2.15 bits per heavy atom. The molecule has 0 saturated heterocycles. The molecule has 0 aliphatic rings. The van der Waals surface area contributed by atoms with Gasteiger partial charge in [0.2, 0.25) is 5.88 Å². The van der Waals surface area contributed by atoms with Crippen molar-refractivity contribution in [3.63, 3.8) is 0 Å². The van der Waals surface area contributed by atoms with E-state index in [1.54, 1.807) is 12.1 Å². The number of nitrogen functional groups attached to an aromatic ring is 1. The first-order valence-corrected chi connectivity index (χ1v) is 6.63. The summed E-state index contributed by atoms with van der Waals surface area (Å²) in [5.41, 5.74) is 8.24. The van der Waals surface area contributed by atoms with Gasteiger partial charge in [-0.05, 0) is 12.1 Å². The van der Waals surface area contributed by atoms with Crippen molar-refractivity contribution in [2.75, 3.05) is 18.2 Å². The van der Waals surface area contributed by atoms with Gasteiger partial charge in [-0.25, -0.2) is 4.98 Å². The van der Waals surface area contributed by atoms with E-state index in [9.17, 15) is 0 Å². The van der Waals surface area contributed by atoms with Crippen LogP contribution in [0.3, 0.4) is 0 Å². The molecule has 2 aromatic heterocycles. The van der Waals surface area contributed by atoms with E-state index >= 15 is 0 Å². The topological polar surface area (TPSA) is 98.8 Å². The smallest absolute Gasteiger partial charge is 0.242 e. The number of benzene rings is 1. The number of hydrogen-bond donors (Lipinski definition) is 2. The van der Waals surface area contributed by atoms with Gasteiger partial charge in [-0.3, -0.25) is 0 Å². The number of hydrogen-bond acceptors (Lipinski definition) is 8. The summed E-state index contributed by atoms with van der Waals surface area (Å²) >= 11 is 7.31. The zero-order chi connectivity index (χ0) is 14.1. The molecule has 0 amide bonds. The molecular weight excluding hydrogens is 300 g/mol. The molecule has 0 spiro atoms. The minimum Gasteiger partial charge on any atom is -0.479 e. The van der Waals surface area contributed by atoms with E-state index in [4.69, 9.17) is 22.1 Å². The number of nitrogens with zero attached hydrogens (tertiary/aromatic N) is 4. The van der Waals surface area contributed by atoms with Crippen LogP contribution in [0.25, 0.3) is 11.0 Å². The lowest BCUT2D eigenvalue weighted by Gasteiger charge is -2.11. The van der Waals surface area contributed by atoms with Crippen LogP contribution in [0.1, 0.15) is 0 Å². The van der Waals surface area contributed by atoms with Crippen LogP contribution in [-0.4, -0.2) is 25.8 Å². The molecule has 102 valence electrons. The summed E-state index contributed by atoms with van der Waals surface area (Å²) < 4.78 is 13.4. The SMILES string of the molecule is COc1ncnc(Nc2c(Cl)ccc3nsnc23)c1N. The molecular formula is C11H9ClN6OS. The maximum absolute atomic E-state index is 6.19. The Morgan fingerprint density at radius 3 is 2.95 bits per heavy atom. The first kappa shape index (κ1) is 12.8. The molecule has 3 aromatic rings. The fourth-order valence-electron chi connectivity index (χ4n) is 1.71. The van der Waals surface area contributed by atoms with E-state index in [1.807, 2.05) is 0 Å². The molecule has 3 rings (SSSR count). The Labute approximate surface area is 123 Å². The summed E-state index contributed by atoms with van der Waals surface area (Å²) in [6.45, 7) is 0. The van der Waals surface area contributed by atoms with E-state index in [1.165, 1.54) is 13.4 Å². The lowest BCUT2D eigenvalue weighted by Crippen LogP contribution is -2.03. The van der Waals surface area contributed by atoms with Crippen molar-refractivity contribution in [2.24, 2.45) is 0 Å². The highest BCUT2D eigenvalue weighted by Gasteiger charge is 2.14. The van der Waals surface area contributed by atoms with Gasteiger partial charge < -0.3 is 15.8 Å². The van der Waals surface area contributed by atoms with Crippen LogP contribution in [0.4, 0.5) is 17.2 Å². The van der Waals surface area contributed by atoms with Crippen molar-refractivity contribution in [3.8, 4) is 5.88 Å². The van der Waals surface area contributed by atoms with Gasteiger partial charge in [-0.1, -0.05) is 11.6 Å². The molecule has 0 aliphatic carbocycles. The number of fused-ring (bicyclic) bond motifs is 1. The van der Waals surface area contributed by atoms with E-state index < -0.39 is 0 Å². The molecule has 0 fully saturated rings. The summed E-state index contributed by atoms with van der Waals surface area (Å²) in [6, 6.07) is 3.54. The van der Waals surface area contributed by atoms with Gasteiger partial charge in [0.25, 0.3) is 0 Å². The summed E-state index contributed by atoms with van der Waals surface area (Å²) in [7, 11) is 1.49. The number of nitrogens with two attached hydrogens (primary N) is 1. The van der Waals surface area contributed by atoms with Crippen LogP contribution in [0.15, 0.2) is 18.5 Å². The molecule has 0 radical (unpaired) electrons.